The number of allylic oxidation sites excluding steroid dienone is 3. The average Bonchev–Trinajstić information content (AvgIpc) is 2.27. The Balaban J connectivity index is 2.21. The van der Waals surface area contributed by atoms with Gasteiger partial charge in [0.2, 0.25) is 0 Å². The molecule has 0 heterocycles. The molecule has 1 aliphatic rings. The summed E-state index contributed by atoms with van der Waals surface area (Å²) in [7, 11) is 0. The SMILES string of the molecule is C=C=CC1=CCC(OCCCCC)C=C1. The van der Waals surface area contributed by atoms with E-state index in [4.69, 9.17) is 4.74 Å². The van der Waals surface area contributed by atoms with Crippen molar-refractivity contribution in [2.75, 3.05) is 6.61 Å². The molecule has 0 amide bonds. The molecule has 0 aliphatic heterocycles. The molecule has 0 fully saturated rings. The Labute approximate surface area is 92.8 Å². The zero-order valence-electron chi connectivity index (χ0n) is 9.54. The number of hydrogen-bond donors (Lipinski definition) is 0. The molecular formula is C14H20O. The number of hydrogen-bond acceptors (Lipinski definition) is 1. The van der Waals surface area contributed by atoms with Crippen molar-refractivity contribution in [1.82, 2.24) is 0 Å². The van der Waals surface area contributed by atoms with Crippen LogP contribution >= 0.6 is 0 Å². The van der Waals surface area contributed by atoms with Gasteiger partial charge in [-0.25, -0.2) is 0 Å². The van der Waals surface area contributed by atoms with Crippen molar-refractivity contribution >= 4 is 0 Å². The smallest absolute Gasteiger partial charge is 0.0793 e. The highest BCUT2D eigenvalue weighted by Crippen LogP contribution is 2.14. The standard InChI is InChI=1S/C14H20O/c1-3-5-6-12-15-14-10-8-13(7-4-2)9-11-14/h7-10,14H,2-3,5-6,11-12H2,1H3. The first-order valence-electron chi connectivity index (χ1n) is 5.72. The molecule has 0 bridgehead atoms. The maximum Gasteiger partial charge on any atom is 0.0793 e. The highest BCUT2D eigenvalue weighted by molar-refractivity contribution is 5.33. The van der Waals surface area contributed by atoms with Crippen molar-refractivity contribution in [2.24, 2.45) is 0 Å². The van der Waals surface area contributed by atoms with E-state index in [0.717, 1.165) is 13.0 Å². The normalized spacial score (nSPS) is 19.5. The summed E-state index contributed by atoms with van der Waals surface area (Å²) in [4.78, 5) is 0. The van der Waals surface area contributed by atoms with Gasteiger partial charge in [0.1, 0.15) is 0 Å². The monoisotopic (exact) mass is 204 g/mol. The minimum atomic E-state index is 0.267. The molecule has 0 saturated heterocycles. The minimum Gasteiger partial charge on any atom is -0.374 e. The summed E-state index contributed by atoms with van der Waals surface area (Å²) in [6.07, 6.45) is 13.2. The zero-order valence-corrected chi connectivity index (χ0v) is 9.54. The average molecular weight is 204 g/mol. The van der Waals surface area contributed by atoms with E-state index in [1.807, 2.05) is 6.08 Å². The van der Waals surface area contributed by atoms with Crippen molar-refractivity contribution < 1.29 is 4.74 Å². The third-order valence-corrected chi connectivity index (χ3v) is 2.44. The molecule has 1 atom stereocenters. The molecule has 0 radical (unpaired) electrons. The van der Waals surface area contributed by atoms with Crippen molar-refractivity contribution in [3.63, 3.8) is 0 Å². The Kier molecular flexibility index (Phi) is 5.84. The Morgan fingerprint density at radius 2 is 2.47 bits per heavy atom. The first kappa shape index (κ1) is 12.0. The molecule has 1 aliphatic carbocycles. The molecule has 0 spiro atoms. The molecular weight excluding hydrogens is 184 g/mol. The van der Waals surface area contributed by atoms with Crippen molar-refractivity contribution in [3.05, 3.63) is 42.2 Å². The molecule has 82 valence electrons. The van der Waals surface area contributed by atoms with Gasteiger partial charge in [-0.05, 0) is 24.5 Å². The predicted molar refractivity (Wildman–Crippen MR) is 64.8 cm³/mol. The summed E-state index contributed by atoms with van der Waals surface area (Å²) in [6.45, 7) is 6.64. The Morgan fingerprint density at radius 1 is 1.60 bits per heavy atom. The molecule has 1 nitrogen and oxygen atoms in total. The van der Waals surface area contributed by atoms with Crippen molar-refractivity contribution in [2.45, 2.75) is 38.7 Å². The van der Waals surface area contributed by atoms with Gasteiger partial charge in [0.15, 0.2) is 0 Å². The van der Waals surface area contributed by atoms with E-state index in [2.05, 4.69) is 37.5 Å². The lowest BCUT2D eigenvalue weighted by atomic mass is 10.1. The second-order valence-corrected chi connectivity index (χ2v) is 3.76. The summed E-state index contributed by atoms with van der Waals surface area (Å²) in [5.74, 6) is 0. The van der Waals surface area contributed by atoms with E-state index in [9.17, 15) is 0 Å². The van der Waals surface area contributed by atoms with Crippen LogP contribution in [0.1, 0.15) is 32.6 Å². The van der Waals surface area contributed by atoms with Crippen LogP contribution in [0.15, 0.2) is 42.2 Å². The van der Waals surface area contributed by atoms with E-state index in [1.165, 1.54) is 24.8 Å². The Bertz CT molecular complexity index is 280. The van der Waals surface area contributed by atoms with Crippen LogP contribution in [0.5, 0.6) is 0 Å². The first-order valence-corrected chi connectivity index (χ1v) is 5.72. The van der Waals surface area contributed by atoms with Gasteiger partial charge in [0.05, 0.1) is 6.10 Å². The van der Waals surface area contributed by atoms with E-state index < -0.39 is 0 Å². The van der Waals surface area contributed by atoms with Crippen LogP contribution in [0.4, 0.5) is 0 Å². The van der Waals surface area contributed by atoms with E-state index in [-0.39, 0.29) is 6.10 Å². The fraction of sp³-hybridized carbons (Fsp3) is 0.500. The van der Waals surface area contributed by atoms with Crippen LogP contribution in [-0.2, 0) is 4.74 Å². The topological polar surface area (TPSA) is 9.23 Å². The second-order valence-electron chi connectivity index (χ2n) is 3.76. The summed E-state index contributed by atoms with van der Waals surface area (Å²) in [5.41, 5.74) is 3.96. The molecule has 0 saturated carbocycles. The fourth-order valence-electron chi connectivity index (χ4n) is 1.55. The van der Waals surface area contributed by atoms with Gasteiger partial charge in [0, 0.05) is 6.61 Å². The zero-order chi connectivity index (χ0) is 10.9. The maximum absolute atomic E-state index is 5.73. The van der Waals surface area contributed by atoms with Crippen LogP contribution in [0, 0.1) is 0 Å². The van der Waals surface area contributed by atoms with Crippen LogP contribution in [0.3, 0.4) is 0 Å². The van der Waals surface area contributed by atoms with Gasteiger partial charge in [-0.3, -0.25) is 0 Å². The maximum atomic E-state index is 5.73. The minimum absolute atomic E-state index is 0.267. The molecule has 0 N–H and O–H groups in total. The predicted octanol–water partition coefficient (Wildman–Crippen LogP) is 3.79. The van der Waals surface area contributed by atoms with E-state index >= 15 is 0 Å². The summed E-state index contributed by atoms with van der Waals surface area (Å²) < 4.78 is 5.73. The quantitative estimate of drug-likeness (QED) is 0.472. The third kappa shape index (κ3) is 4.83. The van der Waals surface area contributed by atoms with Gasteiger partial charge < -0.3 is 4.74 Å². The second kappa shape index (κ2) is 7.28. The molecule has 1 unspecified atom stereocenters. The molecule has 0 aromatic heterocycles. The van der Waals surface area contributed by atoms with Crippen molar-refractivity contribution in [1.29, 1.82) is 0 Å². The summed E-state index contributed by atoms with van der Waals surface area (Å²) in [6, 6.07) is 0. The van der Waals surface area contributed by atoms with Crippen LogP contribution in [0.2, 0.25) is 0 Å². The van der Waals surface area contributed by atoms with Crippen molar-refractivity contribution in [3.8, 4) is 0 Å². The lowest BCUT2D eigenvalue weighted by molar-refractivity contribution is 0.0832. The molecule has 0 aromatic carbocycles. The molecule has 15 heavy (non-hydrogen) atoms. The number of ether oxygens (including phenoxy) is 1. The van der Waals surface area contributed by atoms with Gasteiger partial charge in [-0.15, -0.1) is 5.73 Å². The van der Waals surface area contributed by atoms with Gasteiger partial charge in [0.25, 0.3) is 0 Å². The molecule has 1 rings (SSSR count). The largest absolute Gasteiger partial charge is 0.374 e. The lowest BCUT2D eigenvalue weighted by Crippen LogP contribution is -2.12. The summed E-state index contributed by atoms with van der Waals surface area (Å²) >= 11 is 0. The van der Waals surface area contributed by atoms with E-state index in [0.29, 0.717) is 0 Å². The van der Waals surface area contributed by atoms with Crippen LogP contribution < -0.4 is 0 Å². The van der Waals surface area contributed by atoms with Crippen LogP contribution in [0.25, 0.3) is 0 Å². The van der Waals surface area contributed by atoms with Crippen LogP contribution in [-0.4, -0.2) is 12.7 Å². The molecule has 1 heteroatoms. The third-order valence-electron chi connectivity index (χ3n) is 2.44. The Morgan fingerprint density at radius 3 is 3.07 bits per heavy atom. The van der Waals surface area contributed by atoms with Gasteiger partial charge in [-0.1, -0.05) is 44.6 Å². The first-order chi connectivity index (χ1) is 7.36. The highest BCUT2D eigenvalue weighted by atomic mass is 16.5. The van der Waals surface area contributed by atoms with E-state index in [1.54, 1.807) is 0 Å². The number of unbranched alkanes of at least 4 members (excludes halogenated alkanes) is 2. The fourth-order valence-corrected chi connectivity index (χ4v) is 1.55. The number of rotatable bonds is 6. The van der Waals surface area contributed by atoms with Gasteiger partial charge >= 0.3 is 0 Å². The highest BCUT2D eigenvalue weighted by Gasteiger charge is 2.06. The lowest BCUT2D eigenvalue weighted by Gasteiger charge is -2.15. The Hall–Kier alpha value is -1.04. The van der Waals surface area contributed by atoms with Gasteiger partial charge in [-0.2, -0.15) is 0 Å². The molecule has 0 aromatic rings. The summed E-state index contributed by atoms with van der Waals surface area (Å²) in [5, 5.41) is 0.